The second-order valence-electron chi connectivity index (χ2n) is 3.10. The molecule has 0 N–H and O–H groups in total. The maximum atomic E-state index is 10.8. The summed E-state index contributed by atoms with van der Waals surface area (Å²) in [7, 11) is 0. The Kier molecular flexibility index (Phi) is 3.52. The fourth-order valence-corrected chi connectivity index (χ4v) is 2.09. The van der Waals surface area contributed by atoms with Crippen LogP contribution in [-0.2, 0) is 4.79 Å². The molecular formula is C8H14BrNO. The molecule has 0 aromatic carbocycles. The van der Waals surface area contributed by atoms with Gasteiger partial charge in [-0.05, 0) is 32.7 Å². The van der Waals surface area contributed by atoms with Crippen LogP contribution in [0.1, 0.15) is 26.2 Å². The molecule has 64 valence electrons. The Balaban J connectivity index is 2.35. The predicted octanol–water partition coefficient (Wildman–Crippen LogP) is 1.78. The average molecular weight is 220 g/mol. The van der Waals surface area contributed by atoms with E-state index in [0.717, 1.165) is 6.54 Å². The van der Waals surface area contributed by atoms with Gasteiger partial charge >= 0.3 is 0 Å². The minimum absolute atomic E-state index is 0.261. The van der Waals surface area contributed by atoms with Gasteiger partial charge in [-0.25, -0.2) is 0 Å². The molecule has 0 amide bonds. The molecule has 1 heterocycles. The first-order valence-electron chi connectivity index (χ1n) is 4.07. The van der Waals surface area contributed by atoms with Crippen LogP contribution in [0.5, 0.6) is 0 Å². The summed E-state index contributed by atoms with van der Waals surface area (Å²) >= 11 is 3.56. The van der Waals surface area contributed by atoms with Crippen molar-refractivity contribution in [3.05, 3.63) is 0 Å². The largest absolute Gasteiger partial charge is 0.299 e. The molecule has 0 aromatic heterocycles. The lowest BCUT2D eigenvalue weighted by Gasteiger charge is -2.30. The van der Waals surface area contributed by atoms with Crippen molar-refractivity contribution in [1.82, 2.24) is 4.90 Å². The molecule has 0 bridgehead atoms. The van der Waals surface area contributed by atoms with E-state index in [-0.39, 0.29) is 5.78 Å². The van der Waals surface area contributed by atoms with Crippen LogP contribution in [0.2, 0.25) is 0 Å². The maximum absolute atomic E-state index is 10.8. The summed E-state index contributed by atoms with van der Waals surface area (Å²) in [5.74, 6) is 0.261. The lowest BCUT2D eigenvalue weighted by Crippen LogP contribution is -2.38. The summed E-state index contributed by atoms with van der Waals surface area (Å²) in [6.45, 7) is 3.32. The van der Waals surface area contributed by atoms with E-state index >= 15 is 0 Å². The van der Waals surface area contributed by atoms with Crippen LogP contribution in [0.15, 0.2) is 0 Å². The van der Waals surface area contributed by atoms with Crippen molar-refractivity contribution >= 4 is 21.7 Å². The van der Waals surface area contributed by atoms with E-state index in [1.54, 1.807) is 6.92 Å². The molecule has 3 heteroatoms. The Morgan fingerprint density at radius 2 is 2.36 bits per heavy atom. The highest BCUT2D eigenvalue weighted by Crippen LogP contribution is 2.20. The van der Waals surface area contributed by atoms with Gasteiger partial charge in [-0.3, -0.25) is 9.69 Å². The van der Waals surface area contributed by atoms with Crippen molar-refractivity contribution in [3.8, 4) is 0 Å². The molecule has 1 fully saturated rings. The van der Waals surface area contributed by atoms with E-state index in [9.17, 15) is 4.79 Å². The van der Waals surface area contributed by atoms with Crippen LogP contribution in [0.25, 0.3) is 0 Å². The molecule has 1 aliphatic heterocycles. The lowest BCUT2D eigenvalue weighted by atomic mass is 10.1. The Morgan fingerprint density at radius 3 is 2.91 bits per heavy atom. The molecule has 0 saturated carbocycles. The minimum atomic E-state index is 0.261. The van der Waals surface area contributed by atoms with E-state index in [1.807, 2.05) is 0 Å². The van der Waals surface area contributed by atoms with Crippen molar-refractivity contribution in [2.24, 2.45) is 0 Å². The van der Waals surface area contributed by atoms with Crippen molar-refractivity contribution < 1.29 is 4.79 Å². The number of carbonyl (C=O) groups is 1. The summed E-state index contributed by atoms with van der Waals surface area (Å²) in [4.78, 5) is 13.4. The number of hydrogen-bond donors (Lipinski definition) is 0. The molecule has 1 aliphatic rings. The van der Waals surface area contributed by atoms with Crippen LogP contribution in [0.4, 0.5) is 0 Å². The second-order valence-corrected chi connectivity index (χ2v) is 4.16. The molecule has 0 spiro atoms. The third kappa shape index (κ3) is 2.91. The number of hydrogen-bond acceptors (Lipinski definition) is 2. The molecule has 1 unspecified atom stereocenters. The fraction of sp³-hybridized carbons (Fsp3) is 0.875. The molecule has 1 saturated heterocycles. The lowest BCUT2D eigenvalue weighted by molar-refractivity contribution is -0.118. The number of likely N-dealkylation sites (tertiary alicyclic amines) is 1. The Labute approximate surface area is 76.1 Å². The van der Waals surface area contributed by atoms with Gasteiger partial charge in [-0.15, -0.1) is 0 Å². The van der Waals surface area contributed by atoms with Gasteiger partial charge in [-0.1, -0.05) is 15.9 Å². The number of ketones is 1. The van der Waals surface area contributed by atoms with Crippen LogP contribution >= 0.6 is 15.9 Å². The van der Waals surface area contributed by atoms with E-state index < -0.39 is 0 Å². The van der Waals surface area contributed by atoms with Gasteiger partial charge in [0.15, 0.2) is 0 Å². The Morgan fingerprint density at radius 1 is 1.64 bits per heavy atom. The molecule has 0 aromatic rings. The number of nitrogens with zero attached hydrogens (tertiary/aromatic N) is 1. The highest BCUT2D eigenvalue weighted by molar-refractivity contribution is 9.09. The van der Waals surface area contributed by atoms with E-state index in [0.29, 0.717) is 11.5 Å². The summed E-state index contributed by atoms with van der Waals surface area (Å²) in [5, 5.41) is 0. The predicted molar refractivity (Wildman–Crippen MR) is 48.8 cm³/mol. The number of alkyl halides is 1. The van der Waals surface area contributed by atoms with Gasteiger partial charge in [0.1, 0.15) is 5.78 Å². The Bertz CT molecular complexity index is 149. The molecule has 0 radical (unpaired) electrons. The molecular weight excluding hydrogens is 206 g/mol. The third-order valence-electron chi connectivity index (χ3n) is 1.96. The van der Waals surface area contributed by atoms with Gasteiger partial charge in [0, 0.05) is 0 Å². The second kappa shape index (κ2) is 4.21. The van der Waals surface area contributed by atoms with Crippen LogP contribution in [-0.4, -0.2) is 28.7 Å². The quantitative estimate of drug-likeness (QED) is 0.522. The number of Topliss-reactive ketones (excluding diaryl/α,β-unsaturated/α-hetero) is 1. The topological polar surface area (TPSA) is 20.3 Å². The van der Waals surface area contributed by atoms with Crippen LogP contribution < -0.4 is 0 Å². The van der Waals surface area contributed by atoms with Gasteiger partial charge in [-0.2, -0.15) is 0 Å². The summed E-state index contributed by atoms with van der Waals surface area (Å²) < 4.78 is 0. The molecule has 1 atom stereocenters. The smallest absolute Gasteiger partial charge is 0.143 e. The monoisotopic (exact) mass is 219 g/mol. The summed E-state index contributed by atoms with van der Waals surface area (Å²) in [5.41, 5.74) is 0. The van der Waals surface area contributed by atoms with Crippen molar-refractivity contribution in [1.29, 1.82) is 0 Å². The van der Waals surface area contributed by atoms with Gasteiger partial charge < -0.3 is 0 Å². The number of rotatable bonds is 2. The summed E-state index contributed by atoms with van der Waals surface area (Å²) in [6.07, 6.45) is 3.69. The van der Waals surface area contributed by atoms with Crippen LogP contribution in [0.3, 0.4) is 0 Å². The third-order valence-corrected chi connectivity index (χ3v) is 3.00. The number of carbonyl (C=O) groups excluding carboxylic acids is 1. The van der Waals surface area contributed by atoms with E-state index in [2.05, 4.69) is 20.8 Å². The highest BCUT2D eigenvalue weighted by atomic mass is 79.9. The number of halogens is 1. The highest BCUT2D eigenvalue weighted by Gasteiger charge is 2.19. The Hall–Kier alpha value is 0.110. The van der Waals surface area contributed by atoms with Gasteiger partial charge in [0.2, 0.25) is 0 Å². The summed E-state index contributed by atoms with van der Waals surface area (Å²) in [6, 6.07) is 0. The standard InChI is InChI=1S/C8H14BrNO/c1-7(11)6-10-5-3-2-4-8(10)9/h8H,2-6H2,1H3. The minimum Gasteiger partial charge on any atom is -0.299 e. The van der Waals surface area contributed by atoms with E-state index in [4.69, 9.17) is 0 Å². The van der Waals surface area contributed by atoms with Crippen LogP contribution in [0, 0.1) is 0 Å². The normalized spacial score (nSPS) is 26.9. The molecule has 2 nitrogen and oxygen atoms in total. The molecule has 11 heavy (non-hydrogen) atoms. The average Bonchev–Trinajstić information content (AvgIpc) is 1.93. The molecule has 0 aliphatic carbocycles. The van der Waals surface area contributed by atoms with Gasteiger partial charge in [0.25, 0.3) is 0 Å². The van der Waals surface area contributed by atoms with Gasteiger partial charge in [0.05, 0.1) is 11.5 Å². The first-order chi connectivity index (χ1) is 5.20. The first-order valence-corrected chi connectivity index (χ1v) is 4.99. The SMILES string of the molecule is CC(=O)CN1CCCCC1Br. The molecule has 1 rings (SSSR count). The first kappa shape index (κ1) is 9.20. The van der Waals surface area contributed by atoms with E-state index in [1.165, 1.54) is 19.3 Å². The zero-order valence-corrected chi connectivity index (χ0v) is 8.43. The van der Waals surface area contributed by atoms with Crippen molar-refractivity contribution in [2.75, 3.05) is 13.1 Å². The fourth-order valence-electron chi connectivity index (χ4n) is 1.41. The van der Waals surface area contributed by atoms with Crippen molar-refractivity contribution in [2.45, 2.75) is 31.1 Å². The zero-order valence-electron chi connectivity index (χ0n) is 6.85. The van der Waals surface area contributed by atoms with Crippen molar-refractivity contribution in [3.63, 3.8) is 0 Å². The maximum Gasteiger partial charge on any atom is 0.143 e. The number of piperidine rings is 1. The zero-order chi connectivity index (χ0) is 8.27.